The standard InChI is InChI=1S/C29H36N4O5/c1-29(2,3)38-26(34)18-33-27(19-14-22(36-4)17-23(15-19)37-5)30-25-7-6-21(16-24(25)28(33)35)32-13-12-31-10-8-20(32)9-11-31/h6-7,14-17,20H,8-13,18H2,1-5H3. The summed E-state index contributed by atoms with van der Waals surface area (Å²) in [4.78, 5) is 36.7. The van der Waals surface area contributed by atoms with E-state index in [2.05, 4.69) is 15.9 Å². The van der Waals surface area contributed by atoms with Crippen molar-refractivity contribution in [3.63, 3.8) is 0 Å². The molecule has 9 heteroatoms. The van der Waals surface area contributed by atoms with Gasteiger partial charge in [0.2, 0.25) is 0 Å². The molecule has 9 nitrogen and oxygen atoms in total. The van der Waals surface area contributed by atoms with E-state index in [1.165, 1.54) is 4.57 Å². The van der Waals surface area contributed by atoms with Crippen LogP contribution in [0.25, 0.3) is 22.3 Å². The number of benzene rings is 2. The lowest BCUT2D eigenvalue weighted by Gasteiger charge is -2.33. The van der Waals surface area contributed by atoms with E-state index in [9.17, 15) is 9.59 Å². The Morgan fingerprint density at radius 1 is 0.974 bits per heavy atom. The van der Waals surface area contributed by atoms with Crippen LogP contribution < -0.4 is 19.9 Å². The molecule has 0 atom stereocenters. The fraction of sp³-hybridized carbons (Fsp3) is 0.483. The number of ether oxygens (including phenoxy) is 3. The monoisotopic (exact) mass is 520 g/mol. The van der Waals surface area contributed by atoms with Gasteiger partial charge in [0.05, 0.1) is 25.1 Å². The number of esters is 1. The molecule has 0 aliphatic carbocycles. The third-order valence-corrected chi connectivity index (χ3v) is 7.24. The summed E-state index contributed by atoms with van der Waals surface area (Å²) in [5.41, 5.74) is 1.22. The van der Waals surface area contributed by atoms with Crippen LogP contribution in [0.1, 0.15) is 33.6 Å². The van der Waals surface area contributed by atoms with Crippen molar-refractivity contribution in [2.75, 3.05) is 45.3 Å². The van der Waals surface area contributed by atoms with E-state index >= 15 is 0 Å². The molecule has 0 radical (unpaired) electrons. The van der Waals surface area contributed by atoms with Crippen LogP contribution in [0.5, 0.6) is 11.5 Å². The summed E-state index contributed by atoms with van der Waals surface area (Å²) in [6.07, 6.45) is 2.24. The molecule has 1 aromatic heterocycles. The van der Waals surface area contributed by atoms with Crippen molar-refractivity contribution in [3.8, 4) is 22.9 Å². The van der Waals surface area contributed by atoms with Gasteiger partial charge in [0, 0.05) is 49.5 Å². The molecule has 2 bridgehead atoms. The summed E-state index contributed by atoms with van der Waals surface area (Å²) in [6, 6.07) is 11.7. The SMILES string of the molecule is COc1cc(OC)cc(-c2nc3ccc(N4CCN5CCC4CC5)cc3c(=O)n2CC(=O)OC(C)(C)C)c1. The molecule has 38 heavy (non-hydrogen) atoms. The van der Waals surface area contributed by atoms with E-state index in [4.69, 9.17) is 19.2 Å². The number of aromatic nitrogens is 2. The molecule has 202 valence electrons. The summed E-state index contributed by atoms with van der Waals surface area (Å²) in [6.45, 7) is 9.33. The van der Waals surface area contributed by atoms with Crippen molar-refractivity contribution in [1.82, 2.24) is 14.5 Å². The van der Waals surface area contributed by atoms with E-state index in [1.54, 1.807) is 53.2 Å². The molecule has 3 aromatic rings. The maximum absolute atomic E-state index is 14.0. The van der Waals surface area contributed by atoms with Crippen molar-refractivity contribution in [1.29, 1.82) is 0 Å². The molecule has 4 heterocycles. The quantitative estimate of drug-likeness (QED) is 0.455. The lowest BCUT2D eigenvalue weighted by Crippen LogP contribution is -2.38. The minimum Gasteiger partial charge on any atom is -0.497 e. The van der Waals surface area contributed by atoms with Crippen LogP contribution in [-0.2, 0) is 16.1 Å². The number of hydrogen-bond donors (Lipinski definition) is 0. The van der Waals surface area contributed by atoms with Gasteiger partial charge in [-0.2, -0.15) is 0 Å². The normalized spacial score (nSPS) is 19.3. The van der Waals surface area contributed by atoms with E-state index in [1.807, 2.05) is 12.1 Å². The minimum atomic E-state index is -0.681. The number of carbonyl (C=O) groups is 1. The van der Waals surface area contributed by atoms with Gasteiger partial charge in [-0.25, -0.2) is 4.98 Å². The number of carbonyl (C=O) groups excluding carboxylic acids is 1. The highest BCUT2D eigenvalue weighted by molar-refractivity contribution is 5.84. The second-order valence-corrected chi connectivity index (χ2v) is 11.0. The molecule has 3 fully saturated rings. The molecule has 2 aromatic carbocycles. The Kier molecular flexibility index (Phi) is 7.05. The van der Waals surface area contributed by atoms with E-state index in [0.717, 1.165) is 44.7 Å². The van der Waals surface area contributed by atoms with Gasteiger partial charge in [0.1, 0.15) is 29.5 Å². The van der Waals surface area contributed by atoms with Crippen LogP contribution in [0.3, 0.4) is 0 Å². The minimum absolute atomic E-state index is 0.264. The first-order valence-corrected chi connectivity index (χ1v) is 13.1. The van der Waals surface area contributed by atoms with Gasteiger partial charge in [-0.1, -0.05) is 0 Å². The van der Waals surface area contributed by atoms with Crippen molar-refractivity contribution < 1.29 is 19.0 Å². The second-order valence-electron chi connectivity index (χ2n) is 11.0. The van der Waals surface area contributed by atoms with Crippen LogP contribution in [0.4, 0.5) is 5.69 Å². The number of piperidine rings is 1. The summed E-state index contributed by atoms with van der Waals surface area (Å²) in [5, 5.41) is 0.476. The van der Waals surface area contributed by atoms with Crippen LogP contribution >= 0.6 is 0 Å². The Hall–Kier alpha value is -3.59. The molecule has 3 aliphatic heterocycles. The molecular formula is C29H36N4O5. The zero-order valence-corrected chi connectivity index (χ0v) is 22.8. The molecule has 3 saturated heterocycles. The molecule has 0 N–H and O–H groups in total. The summed E-state index contributed by atoms with van der Waals surface area (Å²) >= 11 is 0. The maximum Gasteiger partial charge on any atom is 0.326 e. The highest BCUT2D eigenvalue weighted by Gasteiger charge is 2.29. The molecule has 3 aliphatic rings. The van der Waals surface area contributed by atoms with E-state index < -0.39 is 11.6 Å². The van der Waals surface area contributed by atoms with Crippen molar-refractivity contribution in [2.45, 2.75) is 51.8 Å². The lowest BCUT2D eigenvalue weighted by atomic mass is 10.0. The first kappa shape index (κ1) is 26.0. The van der Waals surface area contributed by atoms with Crippen LogP contribution in [0.2, 0.25) is 0 Å². The third kappa shape index (κ3) is 5.34. The van der Waals surface area contributed by atoms with Gasteiger partial charge in [0.15, 0.2) is 0 Å². The van der Waals surface area contributed by atoms with Crippen LogP contribution in [0, 0.1) is 0 Å². The molecule has 0 spiro atoms. The Balaban J connectivity index is 1.64. The highest BCUT2D eigenvalue weighted by atomic mass is 16.6. The van der Waals surface area contributed by atoms with Gasteiger partial charge in [0.25, 0.3) is 5.56 Å². The predicted octanol–water partition coefficient (Wildman–Crippen LogP) is 3.71. The van der Waals surface area contributed by atoms with Gasteiger partial charge < -0.3 is 24.0 Å². The zero-order chi connectivity index (χ0) is 27.0. The lowest BCUT2D eigenvalue weighted by molar-refractivity contribution is -0.155. The van der Waals surface area contributed by atoms with Gasteiger partial charge in [-0.05, 0) is 63.9 Å². The average molecular weight is 521 g/mol. The fourth-order valence-corrected chi connectivity index (χ4v) is 5.42. The molecule has 6 rings (SSSR count). The molecule has 0 unspecified atom stereocenters. The van der Waals surface area contributed by atoms with E-state index in [0.29, 0.717) is 39.8 Å². The number of hydrogen-bond acceptors (Lipinski definition) is 8. The zero-order valence-electron chi connectivity index (χ0n) is 22.8. The molecular weight excluding hydrogens is 484 g/mol. The number of rotatable bonds is 6. The van der Waals surface area contributed by atoms with Gasteiger partial charge in [-0.3, -0.25) is 14.2 Å². The first-order valence-electron chi connectivity index (χ1n) is 13.1. The Labute approximate surface area is 222 Å². The smallest absolute Gasteiger partial charge is 0.326 e. The fourth-order valence-electron chi connectivity index (χ4n) is 5.42. The van der Waals surface area contributed by atoms with Crippen LogP contribution in [0.15, 0.2) is 41.2 Å². The highest BCUT2D eigenvalue weighted by Crippen LogP contribution is 2.31. The average Bonchev–Trinajstić information content (AvgIpc) is 3.22. The van der Waals surface area contributed by atoms with Crippen molar-refractivity contribution in [2.24, 2.45) is 0 Å². The molecule has 0 amide bonds. The number of anilines is 1. The Morgan fingerprint density at radius 3 is 2.29 bits per heavy atom. The number of nitrogens with zero attached hydrogens (tertiary/aromatic N) is 4. The predicted molar refractivity (Wildman–Crippen MR) is 147 cm³/mol. The van der Waals surface area contributed by atoms with Crippen LogP contribution in [-0.4, -0.2) is 72.5 Å². The number of fused-ring (bicyclic) bond motifs is 5. The summed E-state index contributed by atoms with van der Waals surface area (Å²) in [7, 11) is 3.13. The molecule has 0 saturated carbocycles. The number of methoxy groups -OCH3 is 2. The van der Waals surface area contributed by atoms with Crippen molar-refractivity contribution in [3.05, 3.63) is 46.8 Å². The summed E-state index contributed by atoms with van der Waals surface area (Å²) < 4.78 is 17.9. The van der Waals surface area contributed by atoms with Gasteiger partial charge in [-0.15, -0.1) is 0 Å². The Morgan fingerprint density at radius 2 is 1.66 bits per heavy atom. The van der Waals surface area contributed by atoms with E-state index in [-0.39, 0.29) is 12.1 Å². The summed E-state index contributed by atoms with van der Waals surface area (Å²) in [5.74, 6) is 0.949. The third-order valence-electron chi connectivity index (χ3n) is 7.24. The maximum atomic E-state index is 14.0. The van der Waals surface area contributed by atoms with Gasteiger partial charge >= 0.3 is 5.97 Å². The van der Waals surface area contributed by atoms with Crippen molar-refractivity contribution >= 4 is 22.6 Å². The Bertz CT molecular complexity index is 1380. The first-order chi connectivity index (χ1) is 18.1. The second kappa shape index (κ2) is 10.3. The topological polar surface area (TPSA) is 86.1 Å². The largest absolute Gasteiger partial charge is 0.497 e.